The van der Waals surface area contributed by atoms with E-state index in [4.69, 9.17) is 11.6 Å². The highest BCUT2D eigenvalue weighted by atomic mass is 35.5. The number of hydrogen-bond donors (Lipinski definition) is 1. The molecule has 0 saturated heterocycles. The van der Waals surface area contributed by atoms with E-state index in [1.165, 1.54) is 9.87 Å². The van der Waals surface area contributed by atoms with Crippen LogP contribution in [0.5, 0.6) is 0 Å². The maximum Gasteiger partial charge on any atom is 0.264 e. The van der Waals surface area contributed by atoms with E-state index in [9.17, 15) is 13.2 Å². The Bertz CT molecular complexity index is 1600. The van der Waals surface area contributed by atoms with Gasteiger partial charge in [0.2, 0.25) is 0 Å². The van der Waals surface area contributed by atoms with Gasteiger partial charge in [0.05, 0.1) is 28.7 Å². The highest BCUT2D eigenvalue weighted by molar-refractivity contribution is 7.92. The van der Waals surface area contributed by atoms with Crippen LogP contribution in [-0.2, 0) is 16.6 Å². The van der Waals surface area contributed by atoms with Crippen LogP contribution >= 0.6 is 11.6 Å². The van der Waals surface area contributed by atoms with Gasteiger partial charge in [0.1, 0.15) is 0 Å². The predicted molar refractivity (Wildman–Crippen MR) is 159 cm³/mol. The molecule has 202 valence electrons. The summed E-state index contributed by atoms with van der Waals surface area (Å²) in [7, 11) is -4.01. The van der Waals surface area contributed by atoms with Crippen LogP contribution in [-0.4, -0.2) is 14.3 Å². The molecule has 0 spiro atoms. The van der Waals surface area contributed by atoms with E-state index in [2.05, 4.69) is 24.4 Å². The summed E-state index contributed by atoms with van der Waals surface area (Å²) in [4.78, 5) is 13.8. The zero-order valence-electron chi connectivity index (χ0n) is 22.8. The van der Waals surface area contributed by atoms with Crippen molar-refractivity contribution in [2.75, 3.05) is 4.31 Å². The van der Waals surface area contributed by atoms with Gasteiger partial charge in [-0.2, -0.15) is 0 Å². The second kappa shape index (κ2) is 11.6. The Kier molecular flexibility index (Phi) is 8.48. The monoisotopic (exact) mass is 560 g/mol. The number of nitrogens with zero attached hydrogens (tertiary/aromatic N) is 1. The van der Waals surface area contributed by atoms with Gasteiger partial charge in [0.15, 0.2) is 0 Å². The number of carbonyl (C=O) groups excluding carboxylic acids is 1. The van der Waals surface area contributed by atoms with Gasteiger partial charge in [-0.05, 0) is 98.8 Å². The van der Waals surface area contributed by atoms with Crippen molar-refractivity contribution in [3.63, 3.8) is 0 Å². The lowest BCUT2D eigenvalue weighted by Gasteiger charge is -2.27. The largest absolute Gasteiger partial charge is 0.345 e. The highest BCUT2D eigenvalue weighted by Gasteiger charge is 2.29. The summed E-state index contributed by atoms with van der Waals surface area (Å²) in [5.74, 6) is -0.351. The molecule has 1 atom stereocenters. The van der Waals surface area contributed by atoms with Crippen LogP contribution in [0.2, 0.25) is 5.02 Å². The molecule has 1 amide bonds. The number of amides is 1. The van der Waals surface area contributed by atoms with Crippen molar-refractivity contribution in [3.8, 4) is 0 Å². The maximum atomic E-state index is 14.0. The molecule has 0 aliphatic rings. The quantitative estimate of drug-likeness (QED) is 0.243. The van der Waals surface area contributed by atoms with Gasteiger partial charge in [0.25, 0.3) is 15.9 Å². The normalized spacial score (nSPS) is 12.2. The van der Waals surface area contributed by atoms with Crippen LogP contribution in [0.25, 0.3) is 0 Å². The van der Waals surface area contributed by atoms with Crippen molar-refractivity contribution >= 4 is 33.2 Å². The number of anilines is 1. The lowest BCUT2D eigenvalue weighted by Crippen LogP contribution is -2.34. The summed E-state index contributed by atoms with van der Waals surface area (Å²) in [5.41, 5.74) is 6.72. The number of aryl methyl sites for hydroxylation is 4. The van der Waals surface area contributed by atoms with Gasteiger partial charge in [0, 0.05) is 5.02 Å². The van der Waals surface area contributed by atoms with E-state index in [0.29, 0.717) is 10.7 Å². The first-order chi connectivity index (χ1) is 18.5. The standard InChI is InChI=1S/C32H33ClN2O3S/c1-21-10-16-28(17-11-21)39(37,38)35(20-26-12-14-27(33)15-13-26)31-9-7-6-8-29(31)32(36)34-25(5)30-19-23(3)22(2)18-24(30)4/h6-19,25H,20H2,1-5H3,(H,34,36)/t25-/m1/s1. The lowest BCUT2D eigenvalue weighted by atomic mass is 9.96. The van der Waals surface area contributed by atoms with Gasteiger partial charge < -0.3 is 5.32 Å². The molecule has 0 aliphatic carbocycles. The van der Waals surface area contributed by atoms with Crippen molar-refractivity contribution in [3.05, 3.63) is 129 Å². The molecule has 39 heavy (non-hydrogen) atoms. The minimum Gasteiger partial charge on any atom is -0.345 e. The Morgan fingerprint density at radius 3 is 2.13 bits per heavy atom. The van der Waals surface area contributed by atoms with Gasteiger partial charge in [-0.1, -0.05) is 65.7 Å². The fourth-order valence-corrected chi connectivity index (χ4v) is 6.18. The van der Waals surface area contributed by atoms with E-state index >= 15 is 0 Å². The fourth-order valence-electron chi connectivity index (χ4n) is 4.58. The summed E-state index contributed by atoms with van der Waals surface area (Å²) in [6, 6.07) is 24.5. The number of nitrogens with one attached hydrogen (secondary N) is 1. The molecule has 0 aliphatic heterocycles. The molecule has 5 nitrogen and oxygen atoms in total. The van der Waals surface area contributed by atoms with Crippen LogP contribution in [0.1, 0.15) is 56.7 Å². The summed E-state index contributed by atoms with van der Waals surface area (Å²) >= 11 is 6.08. The Morgan fingerprint density at radius 1 is 0.846 bits per heavy atom. The topological polar surface area (TPSA) is 66.5 Å². The molecule has 7 heteroatoms. The first-order valence-corrected chi connectivity index (χ1v) is 14.6. The summed E-state index contributed by atoms with van der Waals surface area (Å²) < 4.78 is 29.3. The number of benzene rings is 4. The third-order valence-corrected chi connectivity index (χ3v) is 8.99. The van der Waals surface area contributed by atoms with E-state index in [0.717, 1.165) is 27.8 Å². The molecule has 0 bridgehead atoms. The summed E-state index contributed by atoms with van der Waals surface area (Å²) in [6.45, 7) is 10.0. The van der Waals surface area contributed by atoms with Crippen molar-refractivity contribution in [2.24, 2.45) is 0 Å². The Morgan fingerprint density at radius 2 is 1.46 bits per heavy atom. The zero-order valence-corrected chi connectivity index (χ0v) is 24.4. The first kappa shape index (κ1) is 28.4. The van der Waals surface area contributed by atoms with Crippen molar-refractivity contribution in [1.82, 2.24) is 5.32 Å². The number of sulfonamides is 1. The van der Waals surface area contributed by atoms with Crippen LogP contribution in [0, 0.1) is 27.7 Å². The average molecular weight is 561 g/mol. The zero-order chi connectivity index (χ0) is 28.3. The number of hydrogen-bond acceptors (Lipinski definition) is 3. The molecule has 0 fully saturated rings. The molecule has 4 aromatic carbocycles. The fraction of sp³-hybridized carbons (Fsp3) is 0.219. The Hall–Kier alpha value is -3.61. The van der Waals surface area contributed by atoms with E-state index in [1.54, 1.807) is 72.8 Å². The summed E-state index contributed by atoms with van der Waals surface area (Å²) in [6.07, 6.45) is 0. The third kappa shape index (κ3) is 6.35. The van der Waals surface area contributed by atoms with E-state index < -0.39 is 10.0 Å². The first-order valence-electron chi connectivity index (χ1n) is 12.8. The number of para-hydroxylation sites is 1. The van der Waals surface area contributed by atoms with Crippen molar-refractivity contribution in [2.45, 2.75) is 52.1 Å². The molecular weight excluding hydrogens is 528 g/mol. The Balaban J connectivity index is 1.75. The van der Waals surface area contributed by atoms with Gasteiger partial charge in [-0.3, -0.25) is 9.10 Å². The van der Waals surface area contributed by atoms with Crippen LogP contribution in [0.4, 0.5) is 5.69 Å². The predicted octanol–water partition coefficient (Wildman–Crippen LogP) is 7.46. The molecule has 0 radical (unpaired) electrons. The SMILES string of the molecule is Cc1ccc(S(=O)(=O)N(Cc2ccc(Cl)cc2)c2ccccc2C(=O)N[C@H](C)c2cc(C)c(C)cc2C)cc1. The maximum absolute atomic E-state index is 14.0. The second-order valence-electron chi connectivity index (χ2n) is 9.96. The van der Waals surface area contributed by atoms with Crippen molar-refractivity contribution < 1.29 is 13.2 Å². The minimum absolute atomic E-state index is 0.0312. The molecule has 1 N–H and O–H groups in total. The molecule has 0 aromatic heterocycles. The van der Waals surface area contributed by atoms with Crippen molar-refractivity contribution in [1.29, 1.82) is 0 Å². The average Bonchev–Trinajstić information content (AvgIpc) is 2.90. The molecular formula is C32H33ClN2O3S. The molecule has 0 heterocycles. The van der Waals surface area contributed by atoms with E-state index in [1.807, 2.05) is 27.7 Å². The highest BCUT2D eigenvalue weighted by Crippen LogP contribution is 2.31. The lowest BCUT2D eigenvalue weighted by molar-refractivity contribution is 0.0940. The van der Waals surface area contributed by atoms with Crippen LogP contribution in [0.15, 0.2) is 89.8 Å². The van der Waals surface area contributed by atoms with Gasteiger partial charge in [-0.25, -0.2) is 8.42 Å². The molecule has 4 rings (SSSR count). The smallest absolute Gasteiger partial charge is 0.264 e. The minimum atomic E-state index is -4.01. The molecule has 0 saturated carbocycles. The molecule has 4 aromatic rings. The van der Waals surface area contributed by atoms with Gasteiger partial charge >= 0.3 is 0 Å². The number of rotatable bonds is 8. The number of halogens is 1. The molecule has 0 unspecified atom stereocenters. The van der Waals surface area contributed by atoms with Crippen LogP contribution < -0.4 is 9.62 Å². The number of carbonyl (C=O) groups is 1. The van der Waals surface area contributed by atoms with E-state index in [-0.39, 0.29) is 29.0 Å². The third-order valence-electron chi connectivity index (χ3n) is 6.96. The summed E-state index contributed by atoms with van der Waals surface area (Å²) in [5, 5.41) is 3.64. The van der Waals surface area contributed by atoms with Gasteiger partial charge in [-0.15, -0.1) is 0 Å². The Labute approximate surface area is 236 Å². The van der Waals surface area contributed by atoms with Crippen LogP contribution in [0.3, 0.4) is 0 Å². The second-order valence-corrected chi connectivity index (χ2v) is 12.3.